The number of fused-ring (bicyclic) bond motifs is 1. The van der Waals surface area contributed by atoms with Gasteiger partial charge in [0.15, 0.2) is 11.5 Å². The lowest BCUT2D eigenvalue weighted by atomic mass is 10.1. The van der Waals surface area contributed by atoms with Crippen LogP contribution in [0.15, 0.2) is 40.9 Å². The van der Waals surface area contributed by atoms with E-state index in [2.05, 4.69) is 37.9 Å². The molecule has 3 rings (SSSR count). The highest BCUT2D eigenvalue weighted by Crippen LogP contribution is 2.37. The number of para-hydroxylation sites is 2. The van der Waals surface area contributed by atoms with E-state index in [0.717, 1.165) is 16.6 Å². The fourth-order valence-corrected chi connectivity index (χ4v) is 3.16. The van der Waals surface area contributed by atoms with E-state index in [1.807, 2.05) is 37.3 Å². The minimum Gasteiger partial charge on any atom is -0.490 e. The highest BCUT2D eigenvalue weighted by molar-refractivity contribution is 9.10. The number of nitrogens with zero attached hydrogens (tertiary/aromatic N) is 2. The Morgan fingerprint density at radius 1 is 1.33 bits per heavy atom. The molecule has 1 heterocycles. The number of rotatable bonds is 6. The lowest BCUT2D eigenvalue weighted by Gasteiger charge is -2.13. The second-order valence-corrected chi connectivity index (χ2v) is 6.38. The third-order valence-electron chi connectivity index (χ3n) is 3.71. The number of imidazole rings is 1. The standard InChI is InChI=1S/C21H16BrN3O2/c1-3-9-27-20-16(22)11-14(12-19(20)26-4-2)10-15(13-23)21-24-17-7-5-6-8-18(17)25-21/h1,5-8,10-12H,4,9H2,2H3,(H,24,25)/b15-10-. The predicted octanol–water partition coefficient (Wildman–Crippen LogP) is 4.80. The van der Waals surface area contributed by atoms with Gasteiger partial charge < -0.3 is 14.5 Å². The van der Waals surface area contributed by atoms with Gasteiger partial charge in [0.2, 0.25) is 0 Å². The number of benzene rings is 2. The summed E-state index contributed by atoms with van der Waals surface area (Å²) in [5.74, 6) is 4.04. The Morgan fingerprint density at radius 3 is 2.85 bits per heavy atom. The zero-order valence-corrected chi connectivity index (χ0v) is 16.2. The molecule has 0 fully saturated rings. The van der Waals surface area contributed by atoms with Gasteiger partial charge in [0.05, 0.1) is 27.7 Å². The molecule has 27 heavy (non-hydrogen) atoms. The quantitative estimate of drug-likeness (QED) is 0.458. The van der Waals surface area contributed by atoms with Gasteiger partial charge in [0, 0.05) is 0 Å². The smallest absolute Gasteiger partial charge is 0.176 e. The summed E-state index contributed by atoms with van der Waals surface area (Å²) >= 11 is 3.49. The third-order valence-corrected chi connectivity index (χ3v) is 4.30. The molecule has 0 aliphatic heterocycles. The molecule has 134 valence electrons. The van der Waals surface area contributed by atoms with Gasteiger partial charge >= 0.3 is 0 Å². The van der Waals surface area contributed by atoms with Crippen LogP contribution in [-0.4, -0.2) is 23.2 Å². The summed E-state index contributed by atoms with van der Waals surface area (Å²) in [4.78, 5) is 7.65. The van der Waals surface area contributed by atoms with Gasteiger partial charge in [0.25, 0.3) is 0 Å². The Morgan fingerprint density at radius 2 is 2.15 bits per heavy atom. The van der Waals surface area contributed by atoms with E-state index < -0.39 is 0 Å². The summed E-state index contributed by atoms with van der Waals surface area (Å²) in [6.07, 6.45) is 7.02. The largest absolute Gasteiger partial charge is 0.490 e. The normalized spacial score (nSPS) is 11.0. The maximum Gasteiger partial charge on any atom is 0.176 e. The van der Waals surface area contributed by atoms with Crippen molar-refractivity contribution in [1.82, 2.24) is 9.97 Å². The molecule has 6 heteroatoms. The van der Waals surface area contributed by atoms with E-state index in [-0.39, 0.29) is 6.61 Å². The Hall–Kier alpha value is -3.22. The van der Waals surface area contributed by atoms with Gasteiger partial charge in [0.1, 0.15) is 18.5 Å². The molecule has 1 aromatic heterocycles. The van der Waals surface area contributed by atoms with E-state index >= 15 is 0 Å². The van der Waals surface area contributed by atoms with Gasteiger partial charge in [-0.2, -0.15) is 5.26 Å². The predicted molar refractivity (Wildman–Crippen MR) is 109 cm³/mol. The van der Waals surface area contributed by atoms with Gasteiger partial charge in [-0.1, -0.05) is 18.1 Å². The number of nitriles is 1. The van der Waals surface area contributed by atoms with Gasteiger partial charge in [-0.3, -0.25) is 0 Å². The topological polar surface area (TPSA) is 70.9 Å². The van der Waals surface area contributed by atoms with Crippen LogP contribution in [0.25, 0.3) is 22.7 Å². The van der Waals surface area contributed by atoms with Crippen LogP contribution in [0.1, 0.15) is 18.3 Å². The van der Waals surface area contributed by atoms with Crippen molar-refractivity contribution >= 4 is 38.6 Å². The first-order valence-corrected chi connectivity index (χ1v) is 9.05. The zero-order chi connectivity index (χ0) is 19.2. The molecule has 0 saturated carbocycles. The lowest BCUT2D eigenvalue weighted by molar-refractivity contribution is 0.298. The molecular formula is C21H16BrN3O2. The minimum atomic E-state index is 0.135. The van der Waals surface area contributed by atoms with Crippen molar-refractivity contribution < 1.29 is 9.47 Å². The number of hydrogen-bond acceptors (Lipinski definition) is 4. The van der Waals surface area contributed by atoms with Crippen LogP contribution < -0.4 is 9.47 Å². The molecule has 0 bridgehead atoms. The number of terminal acetylenes is 1. The fourth-order valence-electron chi connectivity index (χ4n) is 2.59. The molecular weight excluding hydrogens is 406 g/mol. The number of ether oxygens (including phenoxy) is 2. The maximum absolute atomic E-state index is 9.61. The van der Waals surface area contributed by atoms with Crippen LogP contribution in [0.2, 0.25) is 0 Å². The fraction of sp³-hybridized carbons (Fsp3) is 0.143. The number of aromatic amines is 1. The molecule has 0 aliphatic rings. The van der Waals surface area contributed by atoms with Crippen LogP contribution in [0, 0.1) is 23.7 Å². The second-order valence-electron chi connectivity index (χ2n) is 5.53. The Bertz CT molecular complexity index is 1050. The van der Waals surface area contributed by atoms with Crippen LogP contribution >= 0.6 is 15.9 Å². The maximum atomic E-state index is 9.61. The van der Waals surface area contributed by atoms with Crippen molar-refractivity contribution in [3.05, 3.63) is 52.3 Å². The first-order chi connectivity index (χ1) is 13.2. The summed E-state index contributed by atoms with van der Waals surface area (Å²) in [7, 11) is 0. The molecule has 0 unspecified atom stereocenters. The summed E-state index contributed by atoms with van der Waals surface area (Å²) in [6, 6.07) is 13.5. The summed E-state index contributed by atoms with van der Waals surface area (Å²) in [6.45, 7) is 2.49. The minimum absolute atomic E-state index is 0.135. The van der Waals surface area contributed by atoms with E-state index in [9.17, 15) is 5.26 Å². The average molecular weight is 422 g/mol. The van der Waals surface area contributed by atoms with E-state index in [0.29, 0.717) is 34.0 Å². The summed E-state index contributed by atoms with van der Waals surface area (Å²) < 4.78 is 11.9. The number of aromatic nitrogens is 2. The van der Waals surface area contributed by atoms with Crippen molar-refractivity contribution in [2.75, 3.05) is 13.2 Å². The molecule has 0 amide bonds. The molecule has 0 aliphatic carbocycles. The molecule has 1 N–H and O–H groups in total. The second kappa shape index (κ2) is 8.44. The molecule has 2 aromatic carbocycles. The first kappa shape index (κ1) is 18.6. The van der Waals surface area contributed by atoms with Gasteiger partial charge in [-0.25, -0.2) is 4.98 Å². The molecule has 0 atom stereocenters. The van der Waals surface area contributed by atoms with Crippen molar-refractivity contribution in [3.63, 3.8) is 0 Å². The Kier molecular flexibility index (Phi) is 5.80. The lowest BCUT2D eigenvalue weighted by Crippen LogP contribution is -2.00. The Balaban J connectivity index is 2.03. The molecule has 0 spiro atoms. The van der Waals surface area contributed by atoms with Gasteiger partial charge in [-0.15, -0.1) is 6.42 Å². The van der Waals surface area contributed by atoms with Crippen molar-refractivity contribution in [2.45, 2.75) is 6.92 Å². The summed E-state index contributed by atoms with van der Waals surface area (Å²) in [5, 5.41) is 9.61. The number of nitrogens with one attached hydrogen (secondary N) is 1. The average Bonchev–Trinajstić information content (AvgIpc) is 3.09. The monoisotopic (exact) mass is 421 g/mol. The van der Waals surface area contributed by atoms with E-state index in [1.54, 1.807) is 12.1 Å². The van der Waals surface area contributed by atoms with Crippen LogP contribution in [-0.2, 0) is 0 Å². The van der Waals surface area contributed by atoms with E-state index in [4.69, 9.17) is 15.9 Å². The molecule has 5 nitrogen and oxygen atoms in total. The number of hydrogen-bond donors (Lipinski definition) is 1. The number of H-pyrrole nitrogens is 1. The van der Waals surface area contributed by atoms with Crippen LogP contribution in [0.5, 0.6) is 11.5 Å². The number of halogens is 1. The third kappa shape index (κ3) is 4.13. The SMILES string of the molecule is C#CCOc1c(Br)cc(/C=C(/C#N)c2nc3ccccc3[nH]2)cc1OCC. The highest BCUT2D eigenvalue weighted by atomic mass is 79.9. The van der Waals surface area contributed by atoms with E-state index in [1.165, 1.54) is 0 Å². The summed E-state index contributed by atoms with van der Waals surface area (Å²) in [5.41, 5.74) is 2.87. The molecule has 0 radical (unpaired) electrons. The van der Waals surface area contributed by atoms with Crippen molar-refractivity contribution in [3.8, 4) is 29.9 Å². The van der Waals surface area contributed by atoms with Crippen LogP contribution in [0.3, 0.4) is 0 Å². The highest BCUT2D eigenvalue weighted by Gasteiger charge is 2.13. The van der Waals surface area contributed by atoms with Crippen molar-refractivity contribution in [1.29, 1.82) is 5.26 Å². The first-order valence-electron chi connectivity index (χ1n) is 8.25. The Labute approximate surface area is 165 Å². The van der Waals surface area contributed by atoms with Crippen molar-refractivity contribution in [2.24, 2.45) is 0 Å². The molecule has 3 aromatic rings. The molecule has 0 saturated heterocycles. The van der Waals surface area contributed by atoms with Gasteiger partial charge in [-0.05, 0) is 58.8 Å². The zero-order valence-electron chi connectivity index (χ0n) is 14.6. The number of allylic oxidation sites excluding steroid dienone is 1. The van der Waals surface area contributed by atoms with Crippen LogP contribution in [0.4, 0.5) is 0 Å².